The molecule has 0 atom stereocenters. The third kappa shape index (κ3) is 3.31. The molecule has 0 spiro atoms. The van der Waals surface area contributed by atoms with Gasteiger partial charge in [0, 0.05) is 24.5 Å². The first-order valence-electron chi connectivity index (χ1n) is 7.80. The first kappa shape index (κ1) is 15.7. The van der Waals surface area contributed by atoms with Gasteiger partial charge in [-0.3, -0.25) is 0 Å². The minimum absolute atomic E-state index is 0.207. The van der Waals surface area contributed by atoms with Gasteiger partial charge in [-0.05, 0) is 56.2 Å². The molecule has 3 N–H and O–H groups in total. The van der Waals surface area contributed by atoms with E-state index in [9.17, 15) is 9.90 Å². The van der Waals surface area contributed by atoms with Crippen molar-refractivity contribution in [1.82, 2.24) is 0 Å². The minimum Gasteiger partial charge on any atom is -0.478 e. The third-order valence-corrected chi connectivity index (χ3v) is 4.95. The van der Waals surface area contributed by atoms with Gasteiger partial charge < -0.3 is 15.7 Å². The Balaban J connectivity index is 2.20. The standard InChI is InChI=1S/C17H26N2O2/c1-4-12-5-7-13(8-6-12)19(3)14-9-11(2)16(18)15(10-14)17(20)21/h9-10,12-13H,4-8,18H2,1-3H3,(H,20,21). The molecule has 0 amide bonds. The van der Waals surface area contributed by atoms with Crippen LogP contribution in [0.5, 0.6) is 0 Å². The zero-order valence-corrected chi connectivity index (χ0v) is 13.2. The molecule has 0 heterocycles. The van der Waals surface area contributed by atoms with Gasteiger partial charge in [-0.2, -0.15) is 0 Å². The number of anilines is 2. The zero-order valence-electron chi connectivity index (χ0n) is 13.2. The van der Waals surface area contributed by atoms with E-state index in [0.717, 1.165) is 17.2 Å². The fraction of sp³-hybridized carbons (Fsp3) is 0.588. The molecule has 0 saturated heterocycles. The minimum atomic E-state index is -0.958. The van der Waals surface area contributed by atoms with Crippen LogP contribution >= 0.6 is 0 Å². The molecule has 1 saturated carbocycles. The lowest BCUT2D eigenvalue weighted by molar-refractivity contribution is 0.0698. The molecule has 21 heavy (non-hydrogen) atoms. The number of hydrogen-bond donors (Lipinski definition) is 2. The molecule has 0 unspecified atom stereocenters. The van der Waals surface area contributed by atoms with Crippen LogP contribution in [-0.2, 0) is 0 Å². The van der Waals surface area contributed by atoms with Gasteiger partial charge in [0.25, 0.3) is 0 Å². The van der Waals surface area contributed by atoms with E-state index >= 15 is 0 Å². The van der Waals surface area contributed by atoms with Crippen LogP contribution in [0.2, 0.25) is 0 Å². The average molecular weight is 290 g/mol. The molecule has 1 aromatic carbocycles. The highest BCUT2D eigenvalue weighted by atomic mass is 16.4. The predicted molar refractivity (Wildman–Crippen MR) is 87.0 cm³/mol. The van der Waals surface area contributed by atoms with E-state index in [2.05, 4.69) is 18.9 Å². The fourth-order valence-electron chi connectivity index (χ4n) is 3.31. The molecule has 1 aromatic rings. The number of hydrogen-bond acceptors (Lipinski definition) is 3. The maximum Gasteiger partial charge on any atom is 0.337 e. The summed E-state index contributed by atoms with van der Waals surface area (Å²) in [5.74, 6) is -0.0991. The smallest absolute Gasteiger partial charge is 0.337 e. The quantitative estimate of drug-likeness (QED) is 0.830. The van der Waals surface area contributed by atoms with Gasteiger partial charge in [0.1, 0.15) is 0 Å². The second kappa shape index (κ2) is 6.37. The fourth-order valence-corrected chi connectivity index (χ4v) is 3.31. The van der Waals surface area contributed by atoms with Crippen molar-refractivity contribution < 1.29 is 9.90 Å². The van der Waals surface area contributed by atoms with E-state index in [1.165, 1.54) is 32.1 Å². The molecule has 4 nitrogen and oxygen atoms in total. The Hall–Kier alpha value is -1.71. The second-order valence-electron chi connectivity index (χ2n) is 6.22. The Bertz CT molecular complexity index is 520. The van der Waals surface area contributed by atoms with Crippen molar-refractivity contribution in [3.8, 4) is 0 Å². The largest absolute Gasteiger partial charge is 0.478 e. The van der Waals surface area contributed by atoms with Crippen molar-refractivity contribution in [2.24, 2.45) is 5.92 Å². The van der Waals surface area contributed by atoms with E-state index in [1.54, 1.807) is 6.07 Å². The van der Waals surface area contributed by atoms with Crippen LogP contribution in [0.3, 0.4) is 0 Å². The topological polar surface area (TPSA) is 66.6 Å². The monoisotopic (exact) mass is 290 g/mol. The van der Waals surface area contributed by atoms with Crippen LogP contribution in [0, 0.1) is 12.8 Å². The van der Waals surface area contributed by atoms with Crippen molar-refractivity contribution in [3.05, 3.63) is 23.3 Å². The molecule has 4 heteroatoms. The first-order valence-corrected chi connectivity index (χ1v) is 7.80. The lowest BCUT2D eigenvalue weighted by atomic mass is 9.84. The normalized spacial score (nSPS) is 22.0. The Morgan fingerprint density at radius 3 is 2.48 bits per heavy atom. The number of aryl methyl sites for hydroxylation is 1. The predicted octanol–water partition coefficient (Wildman–Crippen LogP) is 3.68. The van der Waals surface area contributed by atoms with Gasteiger partial charge in [-0.25, -0.2) is 4.79 Å². The summed E-state index contributed by atoms with van der Waals surface area (Å²) >= 11 is 0. The van der Waals surface area contributed by atoms with E-state index in [-0.39, 0.29) is 5.56 Å². The lowest BCUT2D eigenvalue weighted by Gasteiger charge is -2.36. The van der Waals surface area contributed by atoms with Crippen LogP contribution < -0.4 is 10.6 Å². The van der Waals surface area contributed by atoms with Crippen molar-refractivity contribution in [2.45, 2.75) is 52.0 Å². The summed E-state index contributed by atoms with van der Waals surface area (Å²) in [6.07, 6.45) is 6.17. The van der Waals surface area contributed by atoms with Crippen LogP contribution in [0.25, 0.3) is 0 Å². The summed E-state index contributed by atoms with van der Waals surface area (Å²) in [5, 5.41) is 9.27. The van der Waals surface area contributed by atoms with Crippen LogP contribution in [-0.4, -0.2) is 24.2 Å². The van der Waals surface area contributed by atoms with E-state index < -0.39 is 5.97 Å². The number of carboxylic acid groups (broad SMARTS) is 1. The van der Waals surface area contributed by atoms with Crippen molar-refractivity contribution in [2.75, 3.05) is 17.7 Å². The summed E-state index contributed by atoms with van der Waals surface area (Å²) in [7, 11) is 2.06. The van der Waals surface area contributed by atoms with Gasteiger partial charge in [0.05, 0.1) is 5.56 Å². The van der Waals surface area contributed by atoms with Crippen LogP contribution in [0.4, 0.5) is 11.4 Å². The Morgan fingerprint density at radius 2 is 1.95 bits per heavy atom. The van der Waals surface area contributed by atoms with Crippen molar-refractivity contribution in [1.29, 1.82) is 0 Å². The zero-order chi connectivity index (χ0) is 15.6. The van der Waals surface area contributed by atoms with Crippen LogP contribution in [0.15, 0.2) is 12.1 Å². The molecule has 1 aliphatic rings. The SMILES string of the molecule is CCC1CCC(N(C)c2cc(C)c(N)c(C(=O)O)c2)CC1. The number of carbonyl (C=O) groups is 1. The van der Waals surface area contributed by atoms with Gasteiger partial charge >= 0.3 is 5.97 Å². The van der Waals surface area contributed by atoms with Crippen LogP contribution in [0.1, 0.15) is 54.9 Å². The molecule has 0 bridgehead atoms. The first-order chi connectivity index (χ1) is 9.93. The van der Waals surface area contributed by atoms with Gasteiger partial charge in [-0.1, -0.05) is 13.3 Å². The van der Waals surface area contributed by atoms with Crippen molar-refractivity contribution in [3.63, 3.8) is 0 Å². The molecular weight excluding hydrogens is 264 g/mol. The molecule has 0 radical (unpaired) electrons. The molecule has 1 aliphatic carbocycles. The maximum atomic E-state index is 11.3. The van der Waals surface area contributed by atoms with E-state index in [4.69, 9.17) is 5.73 Å². The molecule has 116 valence electrons. The number of nitrogens with two attached hydrogens (primary N) is 1. The molecule has 0 aliphatic heterocycles. The summed E-state index contributed by atoms with van der Waals surface area (Å²) in [6, 6.07) is 4.20. The number of benzene rings is 1. The summed E-state index contributed by atoms with van der Waals surface area (Å²) in [5.41, 5.74) is 8.23. The Morgan fingerprint density at radius 1 is 1.33 bits per heavy atom. The summed E-state index contributed by atoms with van der Waals surface area (Å²) < 4.78 is 0. The lowest BCUT2D eigenvalue weighted by Crippen LogP contribution is -2.35. The number of carboxylic acids is 1. The highest BCUT2D eigenvalue weighted by Crippen LogP contribution is 2.33. The molecule has 1 fully saturated rings. The third-order valence-electron chi connectivity index (χ3n) is 4.95. The van der Waals surface area contributed by atoms with Gasteiger partial charge in [0.2, 0.25) is 0 Å². The van der Waals surface area contributed by atoms with Crippen molar-refractivity contribution >= 4 is 17.3 Å². The second-order valence-corrected chi connectivity index (χ2v) is 6.22. The number of nitrogen functional groups attached to an aromatic ring is 1. The molecular formula is C17H26N2O2. The Labute approximate surface area is 126 Å². The summed E-state index contributed by atoms with van der Waals surface area (Å²) in [4.78, 5) is 13.5. The highest BCUT2D eigenvalue weighted by molar-refractivity contribution is 5.95. The van der Waals surface area contributed by atoms with E-state index in [1.807, 2.05) is 13.0 Å². The number of nitrogens with zero attached hydrogens (tertiary/aromatic N) is 1. The number of rotatable bonds is 4. The Kier molecular flexibility index (Phi) is 4.76. The maximum absolute atomic E-state index is 11.3. The molecule has 0 aromatic heterocycles. The van der Waals surface area contributed by atoms with E-state index in [0.29, 0.717) is 11.7 Å². The highest BCUT2D eigenvalue weighted by Gasteiger charge is 2.24. The van der Waals surface area contributed by atoms with Gasteiger partial charge in [0.15, 0.2) is 0 Å². The van der Waals surface area contributed by atoms with Gasteiger partial charge in [-0.15, -0.1) is 0 Å². The average Bonchev–Trinajstić information content (AvgIpc) is 2.49. The summed E-state index contributed by atoms with van der Waals surface area (Å²) in [6.45, 7) is 4.13. The number of aromatic carboxylic acids is 1. The molecule has 2 rings (SSSR count).